The van der Waals surface area contributed by atoms with Crippen LogP contribution in [0, 0.1) is 0 Å². The van der Waals surface area contributed by atoms with E-state index in [4.69, 9.17) is 10.5 Å². The summed E-state index contributed by atoms with van der Waals surface area (Å²) in [5.74, 6) is 1.20. The van der Waals surface area contributed by atoms with Crippen molar-refractivity contribution in [1.29, 1.82) is 0 Å². The van der Waals surface area contributed by atoms with E-state index in [1.807, 2.05) is 24.4 Å². The molecule has 9 nitrogen and oxygen atoms in total. The number of piperazine rings is 2. The fourth-order valence-corrected chi connectivity index (χ4v) is 6.04. The molecule has 2 aromatic heterocycles. The Balaban J connectivity index is 1.13. The Bertz CT molecular complexity index is 1190. The van der Waals surface area contributed by atoms with Crippen LogP contribution in [0.5, 0.6) is 5.88 Å². The SMILES string of the molecule is C[C@@H]1CNCCN1CCOc1cc(N2C3CCC2CN(c2cc(-c4ccccc4)nnc2N)C3)ccn1. The smallest absolute Gasteiger partial charge is 0.215 e. The van der Waals surface area contributed by atoms with Crippen LogP contribution in [0.25, 0.3) is 11.3 Å². The quantitative estimate of drug-likeness (QED) is 0.508. The molecule has 37 heavy (non-hydrogen) atoms. The molecule has 5 heterocycles. The zero-order chi connectivity index (χ0) is 25.2. The maximum atomic E-state index is 6.32. The van der Waals surface area contributed by atoms with Gasteiger partial charge in [-0.05, 0) is 31.9 Å². The first-order chi connectivity index (χ1) is 18.2. The van der Waals surface area contributed by atoms with E-state index < -0.39 is 0 Å². The first-order valence-electron chi connectivity index (χ1n) is 13.4. The maximum Gasteiger partial charge on any atom is 0.215 e. The van der Waals surface area contributed by atoms with Gasteiger partial charge in [-0.2, -0.15) is 0 Å². The Labute approximate surface area is 218 Å². The van der Waals surface area contributed by atoms with Crippen molar-refractivity contribution in [3.63, 3.8) is 0 Å². The fourth-order valence-electron chi connectivity index (χ4n) is 6.04. The average molecular weight is 501 g/mol. The van der Waals surface area contributed by atoms with Gasteiger partial charge in [0.2, 0.25) is 5.88 Å². The maximum absolute atomic E-state index is 6.32. The van der Waals surface area contributed by atoms with Crippen molar-refractivity contribution in [3.8, 4) is 17.1 Å². The van der Waals surface area contributed by atoms with Crippen molar-refractivity contribution < 1.29 is 4.74 Å². The van der Waals surface area contributed by atoms with Gasteiger partial charge in [-0.15, -0.1) is 10.2 Å². The number of nitrogens with one attached hydrogen (secondary N) is 1. The van der Waals surface area contributed by atoms with Gasteiger partial charge in [-0.25, -0.2) is 4.98 Å². The number of nitrogens with two attached hydrogens (primary N) is 1. The Hall–Kier alpha value is -3.43. The van der Waals surface area contributed by atoms with Gasteiger partial charge >= 0.3 is 0 Å². The van der Waals surface area contributed by atoms with Gasteiger partial charge in [0.05, 0.1) is 11.4 Å². The number of hydrogen-bond acceptors (Lipinski definition) is 9. The molecule has 3 N–H and O–H groups in total. The van der Waals surface area contributed by atoms with Gasteiger partial charge in [-0.3, -0.25) is 4.90 Å². The molecular formula is C28H36N8O. The molecule has 0 spiro atoms. The highest BCUT2D eigenvalue weighted by Crippen LogP contribution is 2.38. The molecular weight excluding hydrogens is 464 g/mol. The van der Waals surface area contributed by atoms with Crippen LogP contribution >= 0.6 is 0 Å². The molecule has 2 unspecified atom stereocenters. The van der Waals surface area contributed by atoms with Crippen LogP contribution in [-0.4, -0.2) is 84.1 Å². The molecule has 0 aliphatic carbocycles. The molecule has 0 saturated carbocycles. The van der Waals surface area contributed by atoms with Crippen molar-refractivity contribution in [2.24, 2.45) is 0 Å². The summed E-state index contributed by atoms with van der Waals surface area (Å²) >= 11 is 0. The highest BCUT2D eigenvalue weighted by molar-refractivity contribution is 5.72. The molecule has 194 valence electrons. The molecule has 3 aliphatic heterocycles. The third-order valence-corrected chi connectivity index (χ3v) is 7.98. The molecule has 3 saturated heterocycles. The predicted molar refractivity (Wildman–Crippen MR) is 147 cm³/mol. The van der Waals surface area contributed by atoms with Gasteiger partial charge in [0.1, 0.15) is 6.61 Å². The molecule has 1 aromatic carbocycles. The lowest BCUT2D eigenvalue weighted by Gasteiger charge is -2.43. The van der Waals surface area contributed by atoms with Crippen LogP contribution in [0.3, 0.4) is 0 Å². The molecule has 3 aliphatic rings. The normalized spacial score (nSPS) is 23.9. The lowest BCUT2D eigenvalue weighted by atomic mass is 10.1. The highest BCUT2D eigenvalue weighted by Gasteiger charge is 2.41. The fraction of sp³-hybridized carbons (Fsp3) is 0.464. The van der Waals surface area contributed by atoms with Crippen LogP contribution in [0.4, 0.5) is 17.2 Å². The second-order valence-corrected chi connectivity index (χ2v) is 10.4. The first-order valence-corrected chi connectivity index (χ1v) is 13.4. The summed E-state index contributed by atoms with van der Waals surface area (Å²) in [5.41, 5.74) is 10.4. The summed E-state index contributed by atoms with van der Waals surface area (Å²) in [6.45, 7) is 8.79. The van der Waals surface area contributed by atoms with E-state index in [-0.39, 0.29) is 0 Å². The largest absolute Gasteiger partial charge is 0.476 e. The third-order valence-electron chi connectivity index (χ3n) is 7.98. The summed E-state index contributed by atoms with van der Waals surface area (Å²) < 4.78 is 6.10. The number of nitrogen functional groups attached to an aromatic ring is 1. The molecule has 3 fully saturated rings. The minimum absolute atomic E-state index is 0.406. The minimum atomic E-state index is 0.406. The number of rotatable bonds is 7. The Kier molecular flexibility index (Phi) is 6.80. The first kappa shape index (κ1) is 23.9. The van der Waals surface area contributed by atoms with E-state index in [9.17, 15) is 0 Å². The van der Waals surface area contributed by atoms with Crippen molar-refractivity contribution in [2.75, 3.05) is 61.4 Å². The Morgan fingerprint density at radius 2 is 1.86 bits per heavy atom. The van der Waals surface area contributed by atoms with Gasteiger partial charge in [0.15, 0.2) is 5.82 Å². The molecule has 9 heteroatoms. The van der Waals surface area contributed by atoms with Crippen molar-refractivity contribution >= 4 is 17.2 Å². The number of pyridine rings is 1. The predicted octanol–water partition coefficient (Wildman–Crippen LogP) is 2.65. The lowest BCUT2D eigenvalue weighted by Crippen LogP contribution is -2.54. The van der Waals surface area contributed by atoms with Crippen molar-refractivity contribution in [2.45, 2.75) is 37.9 Å². The average Bonchev–Trinajstić information content (AvgIpc) is 3.20. The number of aromatic nitrogens is 3. The summed E-state index contributed by atoms with van der Waals surface area (Å²) in [6.07, 6.45) is 4.19. The van der Waals surface area contributed by atoms with E-state index in [1.165, 1.54) is 5.69 Å². The van der Waals surface area contributed by atoms with E-state index in [0.29, 0.717) is 36.4 Å². The van der Waals surface area contributed by atoms with Crippen LogP contribution in [-0.2, 0) is 0 Å². The van der Waals surface area contributed by atoms with Gasteiger partial charge in [-0.1, -0.05) is 30.3 Å². The second-order valence-electron chi connectivity index (χ2n) is 10.4. The summed E-state index contributed by atoms with van der Waals surface area (Å²) in [6, 6.07) is 17.8. The van der Waals surface area contributed by atoms with Crippen molar-refractivity contribution in [1.82, 2.24) is 25.4 Å². The minimum Gasteiger partial charge on any atom is -0.476 e. The number of ether oxygens (including phenoxy) is 1. The third kappa shape index (κ3) is 5.06. The molecule has 0 amide bonds. The molecule has 0 radical (unpaired) electrons. The van der Waals surface area contributed by atoms with Crippen LogP contribution < -0.4 is 25.6 Å². The van der Waals surface area contributed by atoms with Gasteiger partial charge in [0.25, 0.3) is 0 Å². The lowest BCUT2D eigenvalue weighted by molar-refractivity contribution is 0.142. The molecule has 3 aromatic rings. The molecule has 3 atom stereocenters. The second kappa shape index (κ2) is 10.5. The standard InChI is InChI=1S/C28H36N8O/c1-20-17-30-11-12-34(20)13-14-37-27-15-22(9-10-31-27)36-23-7-8-24(36)19-35(18-23)26-16-25(32-33-28(26)29)21-5-3-2-4-6-21/h2-6,9-10,15-16,20,23-24,30H,7-8,11-14,17-19H2,1H3,(H2,29,33)/t20-,23?,24?/m1/s1. The summed E-state index contributed by atoms with van der Waals surface area (Å²) in [5, 5.41) is 12.1. The van der Waals surface area contributed by atoms with Crippen LogP contribution in [0.15, 0.2) is 54.7 Å². The number of hydrogen-bond donors (Lipinski definition) is 2. The zero-order valence-electron chi connectivity index (χ0n) is 21.5. The summed E-state index contributed by atoms with van der Waals surface area (Å²) in [4.78, 5) is 11.9. The van der Waals surface area contributed by atoms with Crippen molar-refractivity contribution in [3.05, 3.63) is 54.7 Å². The van der Waals surface area contributed by atoms with E-state index >= 15 is 0 Å². The number of benzene rings is 1. The van der Waals surface area contributed by atoms with E-state index in [2.05, 4.69) is 72.5 Å². The van der Waals surface area contributed by atoms with E-state index in [1.54, 1.807) is 0 Å². The Morgan fingerprint density at radius 3 is 2.65 bits per heavy atom. The molecule has 2 bridgehead atoms. The topological polar surface area (TPSA) is 95.7 Å². The monoisotopic (exact) mass is 500 g/mol. The van der Waals surface area contributed by atoms with E-state index in [0.717, 1.165) is 69.1 Å². The van der Waals surface area contributed by atoms with Gasteiger partial charge < -0.3 is 25.6 Å². The Morgan fingerprint density at radius 1 is 1.05 bits per heavy atom. The number of fused-ring (bicyclic) bond motifs is 2. The number of anilines is 3. The van der Waals surface area contributed by atoms with Crippen LogP contribution in [0.2, 0.25) is 0 Å². The van der Waals surface area contributed by atoms with Gasteiger partial charge in [0, 0.05) is 80.9 Å². The zero-order valence-corrected chi connectivity index (χ0v) is 21.5. The molecule has 6 rings (SSSR count). The number of nitrogens with zero attached hydrogens (tertiary/aromatic N) is 6. The summed E-state index contributed by atoms with van der Waals surface area (Å²) in [7, 11) is 0. The van der Waals surface area contributed by atoms with Crippen LogP contribution in [0.1, 0.15) is 19.8 Å². The highest BCUT2D eigenvalue weighted by atomic mass is 16.5.